The fourth-order valence-electron chi connectivity index (χ4n) is 3.02. The third-order valence-corrected chi connectivity index (χ3v) is 4.47. The highest BCUT2D eigenvalue weighted by molar-refractivity contribution is 5.73. The molecule has 1 atom stereocenters. The number of nitrogens with zero attached hydrogens (tertiary/aromatic N) is 1. The Labute approximate surface area is 179 Å². The van der Waals surface area contributed by atoms with Gasteiger partial charge in [-0.2, -0.15) is 0 Å². The van der Waals surface area contributed by atoms with Crippen molar-refractivity contribution in [3.05, 3.63) is 77.4 Å². The average molecular weight is 410 g/mol. The molecule has 1 amide bonds. The lowest BCUT2D eigenvalue weighted by Crippen LogP contribution is -2.43. The summed E-state index contributed by atoms with van der Waals surface area (Å²) >= 11 is 0. The van der Waals surface area contributed by atoms with E-state index in [-0.39, 0.29) is 6.04 Å². The lowest BCUT2D eigenvalue weighted by atomic mass is 10.0. The number of carbonyl (C=O) groups excluding carboxylic acids is 2. The highest BCUT2D eigenvalue weighted by Crippen LogP contribution is 2.21. The van der Waals surface area contributed by atoms with Gasteiger partial charge in [0.15, 0.2) is 0 Å². The highest BCUT2D eigenvalue weighted by Gasteiger charge is 2.28. The minimum atomic E-state index is -0.629. The largest absolute Gasteiger partial charge is 0.497 e. The van der Waals surface area contributed by atoms with Crippen molar-refractivity contribution in [2.24, 2.45) is 0 Å². The van der Waals surface area contributed by atoms with Crippen molar-refractivity contribution in [2.75, 3.05) is 7.11 Å². The third-order valence-electron chi connectivity index (χ3n) is 4.47. The molecule has 2 aromatic carbocycles. The summed E-state index contributed by atoms with van der Waals surface area (Å²) in [6, 6.07) is 17.1. The predicted molar refractivity (Wildman–Crippen MR) is 119 cm³/mol. The molecule has 0 fully saturated rings. The Morgan fingerprint density at radius 2 is 1.67 bits per heavy atom. The Bertz CT molecular complexity index is 851. The molecule has 30 heavy (non-hydrogen) atoms. The Hall–Kier alpha value is -3.08. The lowest BCUT2D eigenvalue weighted by molar-refractivity contribution is -0.104. The van der Waals surface area contributed by atoms with E-state index in [1.165, 1.54) is 0 Å². The molecule has 160 valence electrons. The topological polar surface area (TPSA) is 55.8 Å². The number of rotatable bonds is 8. The summed E-state index contributed by atoms with van der Waals surface area (Å²) in [5, 5.41) is 0. The van der Waals surface area contributed by atoms with Crippen LogP contribution in [0.4, 0.5) is 4.79 Å². The first-order chi connectivity index (χ1) is 14.2. The molecule has 0 aliphatic heterocycles. The Morgan fingerprint density at radius 1 is 1.03 bits per heavy atom. The zero-order valence-electron chi connectivity index (χ0n) is 18.4. The second-order valence-electron chi connectivity index (χ2n) is 8.24. The Kier molecular flexibility index (Phi) is 8.22. The van der Waals surface area contributed by atoms with Crippen molar-refractivity contribution >= 4 is 12.4 Å². The minimum absolute atomic E-state index is 0.338. The number of benzene rings is 2. The molecule has 0 unspecified atom stereocenters. The van der Waals surface area contributed by atoms with Crippen LogP contribution in [-0.4, -0.2) is 36.0 Å². The maximum atomic E-state index is 13.1. The van der Waals surface area contributed by atoms with Gasteiger partial charge in [-0.05, 0) is 62.9 Å². The van der Waals surface area contributed by atoms with Crippen LogP contribution in [0, 0.1) is 0 Å². The summed E-state index contributed by atoms with van der Waals surface area (Å²) in [4.78, 5) is 26.1. The van der Waals surface area contributed by atoms with Gasteiger partial charge in [0, 0.05) is 6.54 Å². The second kappa shape index (κ2) is 10.6. The van der Waals surface area contributed by atoms with Gasteiger partial charge in [0.25, 0.3) is 0 Å². The number of hydrogen-bond donors (Lipinski definition) is 0. The predicted octanol–water partition coefficient (Wildman–Crippen LogP) is 5.19. The summed E-state index contributed by atoms with van der Waals surface area (Å²) in [5.74, 6) is 0.750. The molecule has 0 N–H and O–H groups in total. The maximum absolute atomic E-state index is 13.1. The highest BCUT2D eigenvalue weighted by atomic mass is 16.6. The van der Waals surface area contributed by atoms with Crippen molar-refractivity contribution in [1.82, 2.24) is 4.90 Å². The van der Waals surface area contributed by atoms with Crippen LogP contribution in [0.1, 0.15) is 38.8 Å². The van der Waals surface area contributed by atoms with Gasteiger partial charge in [-0.1, -0.05) is 48.5 Å². The van der Waals surface area contributed by atoms with Gasteiger partial charge in [-0.15, -0.1) is 0 Å². The summed E-state index contributed by atoms with van der Waals surface area (Å²) in [7, 11) is 1.62. The SMILES string of the molecule is COc1ccc(CN(C(=O)OC(C)(C)C)[C@H](/C=C(/C)C=O)Cc2ccccc2)cc1. The molecular formula is C25H31NO4. The standard InChI is InChI=1S/C25H31NO4/c1-19(18-27)15-22(16-20-9-7-6-8-10-20)26(24(28)30-25(2,3)4)17-21-11-13-23(29-5)14-12-21/h6-15,18,22H,16-17H2,1-5H3/b19-15-/t22-/m1/s1. The van der Waals surface area contributed by atoms with E-state index in [9.17, 15) is 9.59 Å². The van der Waals surface area contributed by atoms with E-state index < -0.39 is 11.7 Å². The van der Waals surface area contributed by atoms with Gasteiger partial charge in [0.1, 0.15) is 17.6 Å². The summed E-state index contributed by atoms with van der Waals surface area (Å²) in [5.41, 5.74) is 1.95. The van der Waals surface area contributed by atoms with Crippen LogP contribution in [-0.2, 0) is 22.5 Å². The Balaban J connectivity index is 2.41. The molecule has 0 aliphatic rings. The van der Waals surface area contributed by atoms with Crippen LogP contribution in [0.2, 0.25) is 0 Å². The molecule has 0 bridgehead atoms. The molecule has 0 heterocycles. The molecule has 2 aromatic rings. The quantitative estimate of drug-likeness (QED) is 0.445. The van der Waals surface area contributed by atoms with Crippen LogP contribution in [0.5, 0.6) is 5.75 Å². The number of allylic oxidation sites excluding steroid dienone is 1. The molecule has 0 aliphatic carbocycles. The van der Waals surface area contributed by atoms with E-state index in [2.05, 4.69) is 0 Å². The van der Waals surface area contributed by atoms with Crippen LogP contribution in [0.3, 0.4) is 0 Å². The summed E-state index contributed by atoms with van der Waals surface area (Å²) < 4.78 is 10.9. The van der Waals surface area contributed by atoms with Gasteiger partial charge in [0.2, 0.25) is 0 Å². The molecule has 0 saturated carbocycles. The van der Waals surface area contributed by atoms with Crippen molar-refractivity contribution in [3.8, 4) is 5.75 Å². The number of carbonyl (C=O) groups is 2. The molecule has 0 spiro atoms. The minimum Gasteiger partial charge on any atom is -0.497 e. The van der Waals surface area contributed by atoms with Gasteiger partial charge in [0.05, 0.1) is 13.2 Å². The fourth-order valence-corrected chi connectivity index (χ4v) is 3.02. The number of ether oxygens (including phenoxy) is 2. The first-order valence-corrected chi connectivity index (χ1v) is 10.0. The van der Waals surface area contributed by atoms with E-state index in [0.29, 0.717) is 18.5 Å². The van der Waals surface area contributed by atoms with E-state index in [0.717, 1.165) is 23.2 Å². The Morgan fingerprint density at radius 3 is 2.20 bits per heavy atom. The zero-order valence-corrected chi connectivity index (χ0v) is 18.4. The number of amides is 1. The van der Waals surface area contributed by atoms with Crippen LogP contribution in [0.25, 0.3) is 0 Å². The second-order valence-corrected chi connectivity index (χ2v) is 8.24. The number of hydrogen-bond acceptors (Lipinski definition) is 4. The van der Waals surface area contributed by atoms with Crippen molar-refractivity contribution in [3.63, 3.8) is 0 Å². The normalized spacial score (nSPS) is 12.8. The number of aldehydes is 1. The van der Waals surface area contributed by atoms with Crippen molar-refractivity contribution in [1.29, 1.82) is 0 Å². The van der Waals surface area contributed by atoms with E-state index in [1.807, 2.05) is 81.4 Å². The van der Waals surface area contributed by atoms with Gasteiger partial charge < -0.3 is 9.47 Å². The van der Waals surface area contributed by atoms with Crippen molar-refractivity contribution in [2.45, 2.75) is 52.3 Å². The van der Waals surface area contributed by atoms with Crippen LogP contribution >= 0.6 is 0 Å². The molecule has 2 rings (SSSR count). The van der Waals surface area contributed by atoms with Gasteiger partial charge >= 0.3 is 6.09 Å². The molecule has 0 saturated heterocycles. The summed E-state index contributed by atoms with van der Waals surface area (Å²) in [6.07, 6.45) is 2.78. The van der Waals surface area contributed by atoms with Crippen LogP contribution < -0.4 is 4.74 Å². The van der Waals surface area contributed by atoms with Crippen LogP contribution in [0.15, 0.2) is 66.2 Å². The first kappa shape index (κ1) is 23.2. The average Bonchev–Trinajstić information content (AvgIpc) is 2.71. The fraction of sp³-hybridized carbons (Fsp3) is 0.360. The molecule has 0 aromatic heterocycles. The van der Waals surface area contributed by atoms with Gasteiger partial charge in [-0.3, -0.25) is 9.69 Å². The third kappa shape index (κ3) is 7.39. The number of methoxy groups -OCH3 is 1. The molecular weight excluding hydrogens is 378 g/mol. The van der Waals surface area contributed by atoms with E-state index in [1.54, 1.807) is 18.9 Å². The van der Waals surface area contributed by atoms with Gasteiger partial charge in [-0.25, -0.2) is 4.79 Å². The van der Waals surface area contributed by atoms with E-state index in [4.69, 9.17) is 9.47 Å². The monoisotopic (exact) mass is 409 g/mol. The molecule has 5 heteroatoms. The smallest absolute Gasteiger partial charge is 0.411 e. The maximum Gasteiger partial charge on any atom is 0.411 e. The molecule has 0 radical (unpaired) electrons. The van der Waals surface area contributed by atoms with Crippen molar-refractivity contribution < 1.29 is 19.1 Å². The molecule has 5 nitrogen and oxygen atoms in total. The first-order valence-electron chi connectivity index (χ1n) is 10.0. The zero-order chi connectivity index (χ0) is 22.1. The lowest BCUT2D eigenvalue weighted by Gasteiger charge is -2.33. The summed E-state index contributed by atoms with van der Waals surface area (Å²) in [6.45, 7) is 7.62. The van der Waals surface area contributed by atoms with E-state index >= 15 is 0 Å².